The maximum atomic E-state index is 12.2. The summed E-state index contributed by atoms with van der Waals surface area (Å²) in [5, 5.41) is 2.89. The Morgan fingerprint density at radius 3 is 2.60 bits per heavy atom. The van der Waals surface area contributed by atoms with Crippen molar-refractivity contribution in [1.29, 1.82) is 0 Å². The molecule has 0 unspecified atom stereocenters. The maximum Gasteiger partial charge on any atom is 0.270 e. The Balaban J connectivity index is 1.60. The summed E-state index contributed by atoms with van der Waals surface area (Å²) in [6.45, 7) is 0.365. The molecule has 0 fully saturated rings. The molecule has 0 spiro atoms. The Hall–Kier alpha value is -3.47. The Labute approximate surface area is 144 Å². The van der Waals surface area contributed by atoms with Crippen molar-refractivity contribution < 1.29 is 9.21 Å². The number of pyridine rings is 1. The minimum atomic E-state index is -0.215. The van der Waals surface area contributed by atoms with Crippen LogP contribution in [0, 0.1) is 0 Å². The molecule has 25 heavy (non-hydrogen) atoms. The third kappa shape index (κ3) is 3.12. The molecule has 1 amide bonds. The van der Waals surface area contributed by atoms with E-state index in [9.17, 15) is 4.79 Å². The molecule has 1 N–H and O–H groups in total. The zero-order valence-corrected chi connectivity index (χ0v) is 13.3. The predicted octanol–water partition coefficient (Wildman–Crippen LogP) is 3.82. The van der Waals surface area contributed by atoms with Gasteiger partial charge in [-0.3, -0.25) is 9.78 Å². The van der Waals surface area contributed by atoms with Gasteiger partial charge in [0.05, 0.1) is 0 Å². The van der Waals surface area contributed by atoms with Gasteiger partial charge in [0, 0.05) is 18.3 Å². The molecule has 122 valence electrons. The van der Waals surface area contributed by atoms with Crippen molar-refractivity contribution >= 4 is 17.0 Å². The van der Waals surface area contributed by atoms with Crippen LogP contribution in [0.3, 0.4) is 0 Å². The van der Waals surface area contributed by atoms with E-state index < -0.39 is 0 Å². The van der Waals surface area contributed by atoms with Crippen molar-refractivity contribution in [3.8, 4) is 11.5 Å². The Bertz CT molecular complexity index is 992. The smallest absolute Gasteiger partial charge is 0.270 e. The minimum absolute atomic E-state index is 0.215. The summed E-state index contributed by atoms with van der Waals surface area (Å²) >= 11 is 0. The second-order valence-corrected chi connectivity index (χ2v) is 5.54. The third-order valence-corrected chi connectivity index (χ3v) is 3.88. The van der Waals surface area contributed by atoms with Crippen LogP contribution in [0.25, 0.3) is 22.6 Å². The van der Waals surface area contributed by atoms with Gasteiger partial charge in [0.15, 0.2) is 5.58 Å². The lowest BCUT2D eigenvalue weighted by atomic mass is 10.1. The molecule has 0 aliphatic heterocycles. The third-order valence-electron chi connectivity index (χ3n) is 3.88. The first-order valence-electron chi connectivity index (χ1n) is 7.94. The Morgan fingerprint density at radius 1 is 0.960 bits per heavy atom. The number of para-hydroxylation sites is 2. The van der Waals surface area contributed by atoms with Crippen LogP contribution in [-0.2, 0) is 6.54 Å². The number of carbonyl (C=O) groups is 1. The molecular formula is C20H15N3O2. The summed E-state index contributed by atoms with van der Waals surface area (Å²) in [6.07, 6.45) is 1.60. The van der Waals surface area contributed by atoms with Crippen molar-refractivity contribution in [1.82, 2.24) is 15.3 Å². The van der Waals surface area contributed by atoms with Crippen molar-refractivity contribution in [3.63, 3.8) is 0 Å². The van der Waals surface area contributed by atoms with Gasteiger partial charge in [0.2, 0.25) is 5.89 Å². The van der Waals surface area contributed by atoms with E-state index in [2.05, 4.69) is 15.3 Å². The van der Waals surface area contributed by atoms with E-state index in [-0.39, 0.29) is 5.91 Å². The molecule has 0 aliphatic carbocycles. The highest BCUT2D eigenvalue weighted by molar-refractivity contribution is 5.92. The quantitative estimate of drug-likeness (QED) is 0.618. The molecule has 5 heteroatoms. The van der Waals surface area contributed by atoms with Gasteiger partial charge in [-0.05, 0) is 35.9 Å². The van der Waals surface area contributed by atoms with Crippen LogP contribution in [0.4, 0.5) is 0 Å². The van der Waals surface area contributed by atoms with Gasteiger partial charge in [-0.2, -0.15) is 0 Å². The number of nitrogens with one attached hydrogen (secondary N) is 1. The number of amides is 1. The van der Waals surface area contributed by atoms with Gasteiger partial charge < -0.3 is 9.73 Å². The number of aromatic nitrogens is 2. The fourth-order valence-corrected chi connectivity index (χ4v) is 2.63. The summed E-state index contributed by atoms with van der Waals surface area (Å²) in [5.41, 5.74) is 3.73. The van der Waals surface area contributed by atoms with E-state index in [0.29, 0.717) is 18.1 Å². The van der Waals surface area contributed by atoms with Crippen LogP contribution in [0.15, 0.2) is 77.3 Å². The summed E-state index contributed by atoms with van der Waals surface area (Å²) in [5.74, 6) is 0.330. The number of rotatable bonds is 4. The summed E-state index contributed by atoms with van der Waals surface area (Å²) in [6, 6.07) is 20.6. The second kappa shape index (κ2) is 6.57. The van der Waals surface area contributed by atoms with Gasteiger partial charge in [-0.1, -0.05) is 36.4 Å². The van der Waals surface area contributed by atoms with Gasteiger partial charge in [-0.25, -0.2) is 4.98 Å². The van der Waals surface area contributed by atoms with Crippen LogP contribution in [0.1, 0.15) is 16.1 Å². The van der Waals surface area contributed by atoms with Crippen LogP contribution < -0.4 is 5.32 Å². The normalized spacial score (nSPS) is 10.7. The molecule has 0 saturated heterocycles. The average Bonchev–Trinajstić information content (AvgIpc) is 3.11. The van der Waals surface area contributed by atoms with Gasteiger partial charge in [0.1, 0.15) is 11.2 Å². The summed E-state index contributed by atoms with van der Waals surface area (Å²) < 4.78 is 5.85. The van der Waals surface area contributed by atoms with Gasteiger partial charge >= 0.3 is 0 Å². The highest BCUT2D eigenvalue weighted by atomic mass is 16.3. The minimum Gasteiger partial charge on any atom is -0.436 e. The van der Waals surface area contributed by atoms with Crippen LogP contribution in [-0.4, -0.2) is 15.9 Å². The van der Waals surface area contributed by atoms with E-state index >= 15 is 0 Å². The topological polar surface area (TPSA) is 68.0 Å². The number of hydrogen-bond donors (Lipinski definition) is 1. The molecule has 4 aromatic rings. The molecule has 2 heterocycles. The maximum absolute atomic E-state index is 12.2. The molecule has 0 radical (unpaired) electrons. The van der Waals surface area contributed by atoms with Crippen LogP contribution in [0.5, 0.6) is 0 Å². The first-order chi connectivity index (χ1) is 12.3. The average molecular weight is 329 g/mol. The number of oxazole rings is 1. The molecule has 2 aromatic carbocycles. The first kappa shape index (κ1) is 15.1. The highest BCUT2D eigenvalue weighted by Crippen LogP contribution is 2.26. The Kier molecular flexibility index (Phi) is 3.96. The van der Waals surface area contributed by atoms with E-state index in [1.54, 1.807) is 24.4 Å². The summed E-state index contributed by atoms with van der Waals surface area (Å²) in [4.78, 5) is 20.8. The van der Waals surface area contributed by atoms with E-state index in [0.717, 1.165) is 22.2 Å². The monoisotopic (exact) mass is 329 g/mol. The molecule has 2 aromatic heterocycles. The molecule has 0 aliphatic rings. The number of hydrogen-bond acceptors (Lipinski definition) is 4. The SMILES string of the molecule is O=C(NCc1ccccc1-c1nc2ccccc2o1)c1ccccn1. The lowest BCUT2D eigenvalue weighted by Crippen LogP contribution is -2.23. The van der Waals surface area contributed by atoms with Gasteiger partial charge in [-0.15, -0.1) is 0 Å². The molecule has 4 rings (SSSR count). The standard InChI is InChI=1S/C20H15N3O2/c24-19(17-10-5-6-12-21-17)22-13-14-7-1-2-8-15(14)20-23-16-9-3-4-11-18(16)25-20/h1-12H,13H2,(H,22,24). The summed E-state index contributed by atoms with van der Waals surface area (Å²) in [7, 11) is 0. The van der Waals surface area contributed by atoms with Crippen molar-refractivity contribution in [2.75, 3.05) is 0 Å². The van der Waals surface area contributed by atoms with Crippen molar-refractivity contribution in [3.05, 3.63) is 84.2 Å². The largest absolute Gasteiger partial charge is 0.436 e. The molecule has 0 atom stereocenters. The zero-order chi connectivity index (χ0) is 17.1. The van der Waals surface area contributed by atoms with Crippen LogP contribution >= 0.6 is 0 Å². The van der Waals surface area contributed by atoms with Crippen molar-refractivity contribution in [2.24, 2.45) is 0 Å². The van der Waals surface area contributed by atoms with Crippen LogP contribution in [0.2, 0.25) is 0 Å². The Morgan fingerprint density at radius 2 is 1.76 bits per heavy atom. The molecule has 0 saturated carbocycles. The number of fused-ring (bicyclic) bond motifs is 1. The number of benzene rings is 2. The predicted molar refractivity (Wildman–Crippen MR) is 94.9 cm³/mol. The fourth-order valence-electron chi connectivity index (χ4n) is 2.63. The molecule has 0 bridgehead atoms. The second-order valence-electron chi connectivity index (χ2n) is 5.54. The molecular weight excluding hydrogens is 314 g/mol. The fraction of sp³-hybridized carbons (Fsp3) is 0.0500. The molecule has 5 nitrogen and oxygen atoms in total. The van der Waals surface area contributed by atoms with Gasteiger partial charge in [0.25, 0.3) is 5.91 Å². The lowest BCUT2D eigenvalue weighted by Gasteiger charge is -2.08. The first-order valence-corrected chi connectivity index (χ1v) is 7.94. The zero-order valence-electron chi connectivity index (χ0n) is 13.3. The lowest BCUT2D eigenvalue weighted by molar-refractivity contribution is 0.0946. The highest BCUT2D eigenvalue weighted by Gasteiger charge is 2.13. The number of nitrogens with zero attached hydrogens (tertiary/aromatic N) is 2. The van der Waals surface area contributed by atoms with Crippen molar-refractivity contribution in [2.45, 2.75) is 6.54 Å². The van der Waals surface area contributed by atoms with E-state index in [1.807, 2.05) is 48.5 Å². The number of carbonyl (C=O) groups excluding carboxylic acids is 1. The van der Waals surface area contributed by atoms with E-state index in [4.69, 9.17) is 4.42 Å². The van der Waals surface area contributed by atoms with E-state index in [1.165, 1.54) is 0 Å².